The first-order chi connectivity index (χ1) is 8.84. The van der Waals surface area contributed by atoms with Crippen molar-refractivity contribution in [3.8, 4) is 5.69 Å². The molecule has 94 valence electrons. The summed E-state index contributed by atoms with van der Waals surface area (Å²) in [7, 11) is 0. The molecule has 18 heavy (non-hydrogen) atoms. The van der Waals surface area contributed by atoms with Gasteiger partial charge in [-0.3, -0.25) is 0 Å². The van der Waals surface area contributed by atoms with Crippen molar-refractivity contribution in [3.63, 3.8) is 0 Å². The van der Waals surface area contributed by atoms with Gasteiger partial charge in [-0.25, -0.2) is 4.68 Å². The largest absolute Gasteiger partial charge is 0.397 e. The Morgan fingerprint density at radius 1 is 1.11 bits per heavy atom. The van der Waals surface area contributed by atoms with Gasteiger partial charge in [-0.1, -0.05) is 0 Å². The van der Waals surface area contributed by atoms with E-state index in [0.717, 1.165) is 30.2 Å². The second-order valence-corrected chi connectivity index (χ2v) is 4.55. The third kappa shape index (κ3) is 2.01. The molecule has 0 atom stereocenters. The molecule has 0 radical (unpaired) electrons. The Balaban J connectivity index is 1.89. The fourth-order valence-corrected chi connectivity index (χ4v) is 2.39. The highest BCUT2D eigenvalue weighted by molar-refractivity contribution is 5.70. The van der Waals surface area contributed by atoms with Gasteiger partial charge in [-0.05, 0) is 47.9 Å². The Morgan fingerprint density at radius 3 is 2.61 bits per heavy atom. The molecule has 0 aliphatic carbocycles. The second kappa shape index (κ2) is 4.64. The van der Waals surface area contributed by atoms with Crippen molar-refractivity contribution in [3.05, 3.63) is 24.5 Å². The van der Waals surface area contributed by atoms with Crippen LogP contribution in [0.15, 0.2) is 24.5 Å². The fourth-order valence-electron chi connectivity index (χ4n) is 2.39. The third-order valence-corrected chi connectivity index (χ3v) is 3.32. The van der Waals surface area contributed by atoms with Gasteiger partial charge in [0.2, 0.25) is 0 Å². The van der Waals surface area contributed by atoms with E-state index in [4.69, 9.17) is 5.73 Å². The molecule has 0 unspecified atom stereocenters. The molecular formula is C12H16N6. The van der Waals surface area contributed by atoms with Crippen LogP contribution in [0.1, 0.15) is 19.3 Å². The Kier molecular flexibility index (Phi) is 2.84. The normalized spacial score (nSPS) is 15.9. The highest BCUT2D eigenvalue weighted by atomic mass is 15.5. The summed E-state index contributed by atoms with van der Waals surface area (Å²) >= 11 is 0. The van der Waals surface area contributed by atoms with Crippen LogP contribution in [0.25, 0.3) is 5.69 Å². The topological polar surface area (TPSA) is 72.9 Å². The van der Waals surface area contributed by atoms with Crippen LogP contribution in [0.4, 0.5) is 11.4 Å². The monoisotopic (exact) mass is 244 g/mol. The van der Waals surface area contributed by atoms with Crippen molar-refractivity contribution in [1.29, 1.82) is 0 Å². The average molecular weight is 244 g/mol. The van der Waals surface area contributed by atoms with E-state index in [-0.39, 0.29) is 0 Å². The fraction of sp³-hybridized carbons (Fsp3) is 0.417. The number of piperidine rings is 1. The van der Waals surface area contributed by atoms with Gasteiger partial charge in [-0.2, -0.15) is 0 Å². The van der Waals surface area contributed by atoms with Gasteiger partial charge in [0.1, 0.15) is 6.33 Å². The number of tetrazole rings is 1. The number of hydrogen-bond donors (Lipinski definition) is 1. The van der Waals surface area contributed by atoms with Crippen LogP contribution in [-0.4, -0.2) is 33.3 Å². The van der Waals surface area contributed by atoms with Crippen LogP contribution in [-0.2, 0) is 0 Å². The van der Waals surface area contributed by atoms with Crippen LogP contribution in [0.5, 0.6) is 0 Å². The Hall–Kier alpha value is -2.11. The van der Waals surface area contributed by atoms with E-state index >= 15 is 0 Å². The molecule has 0 bridgehead atoms. The van der Waals surface area contributed by atoms with Gasteiger partial charge < -0.3 is 10.6 Å². The van der Waals surface area contributed by atoms with Gasteiger partial charge >= 0.3 is 0 Å². The van der Waals surface area contributed by atoms with E-state index in [1.54, 1.807) is 11.0 Å². The van der Waals surface area contributed by atoms with Gasteiger partial charge in [-0.15, -0.1) is 5.10 Å². The lowest BCUT2D eigenvalue weighted by Crippen LogP contribution is -2.30. The molecule has 3 rings (SSSR count). The molecule has 2 heterocycles. The number of anilines is 2. The number of nitrogens with zero attached hydrogens (tertiary/aromatic N) is 5. The summed E-state index contributed by atoms with van der Waals surface area (Å²) in [6, 6.07) is 5.97. The van der Waals surface area contributed by atoms with Crippen molar-refractivity contribution < 1.29 is 0 Å². The first kappa shape index (κ1) is 11.0. The van der Waals surface area contributed by atoms with Crippen LogP contribution in [0, 0.1) is 0 Å². The quantitative estimate of drug-likeness (QED) is 0.804. The molecule has 6 heteroatoms. The van der Waals surface area contributed by atoms with E-state index in [0.29, 0.717) is 0 Å². The maximum absolute atomic E-state index is 6.13. The lowest BCUT2D eigenvalue weighted by Gasteiger charge is -2.29. The standard InChI is InChI=1S/C12H16N6/c13-11-8-10(18-9-14-15-16-18)4-5-12(11)17-6-2-1-3-7-17/h4-5,8-9H,1-3,6-7,13H2. The van der Waals surface area contributed by atoms with E-state index < -0.39 is 0 Å². The Bertz CT molecular complexity index is 515. The Labute approximate surface area is 105 Å². The van der Waals surface area contributed by atoms with Crippen LogP contribution < -0.4 is 10.6 Å². The predicted octanol–water partition coefficient (Wildman–Crippen LogP) is 1.23. The molecule has 1 aliphatic heterocycles. The first-order valence-electron chi connectivity index (χ1n) is 6.22. The van der Waals surface area contributed by atoms with Gasteiger partial charge in [0.25, 0.3) is 0 Å². The molecular weight excluding hydrogens is 228 g/mol. The molecule has 1 fully saturated rings. The summed E-state index contributed by atoms with van der Waals surface area (Å²) in [4.78, 5) is 2.35. The molecule has 0 spiro atoms. The zero-order valence-electron chi connectivity index (χ0n) is 10.2. The number of benzene rings is 1. The minimum Gasteiger partial charge on any atom is -0.397 e. The van der Waals surface area contributed by atoms with Crippen molar-refractivity contribution >= 4 is 11.4 Å². The van der Waals surface area contributed by atoms with E-state index in [1.807, 2.05) is 12.1 Å². The minimum absolute atomic E-state index is 0.782. The number of rotatable bonds is 2. The zero-order valence-corrected chi connectivity index (χ0v) is 10.2. The number of hydrogen-bond acceptors (Lipinski definition) is 5. The van der Waals surface area contributed by atoms with E-state index in [2.05, 4.69) is 26.5 Å². The van der Waals surface area contributed by atoms with Gasteiger partial charge in [0.15, 0.2) is 0 Å². The van der Waals surface area contributed by atoms with Gasteiger partial charge in [0, 0.05) is 13.1 Å². The molecule has 2 N–H and O–H groups in total. The molecule has 6 nitrogen and oxygen atoms in total. The third-order valence-electron chi connectivity index (χ3n) is 3.32. The lowest BCUT2D eigenvalue weighted by atomic mass is 10.1. The van der Waals surface area contributed by atoms with E-state index in [9.17, 15) is 0 Å². The minimum atomic E-state index is 0.782. The maximum Gasteiger partial charge on any atom is 0.143 e. The smallest absolute Gasteiger partial charge is 0.143 e. The summed E-state index contributed by atoms with van der Waals surface area (Å²) < 4.78 is 1.61. The molecule has 0 saturated carbocycles. The SMILES string of the molecule is Nc1cc(-n2cnnn2)ccc1N1CCCCC1. The maximum atomic E-state index is 6.13. The average Bonchev–Trinajstić information content (AvgIpc) is 2.93. The molecule has 2 aromatic rings. The van der Waals surface area contributed by atoms with Crippen molar-refractivity contribution in [2.75, 3.05) is 23.7 Å². The summed E-state index contributed by atoms with van der Waals surface area (Å²) in [5, 5.41) is 11.1. The molecule has 0 amide bonds. The lowest BCUT2D eigenvalue weighted by molar-refractivity contribution is 0.578. The molecule has 1 aromatic heterocycles. The number of nitrogen functional groups attached to an aromatic ring is 1. The highest BCUT2D eigenvalue weighted by Gasteiger charge is 2.13. The predicted molar refractivity (Wildman–Crippen MR) is 69.6 cm³/mol. The Morgan fingerprint density at radius 2 is 1.94 bits per heavy atom. The summed E-state index contributed by atoms with van der Waals surface area (Å²) in [6.45, 7) is 2.18. The summed E-state index contributed by atoms with van der Waals surface area (Å²) in [5.74, 6) is 0. The summed E-state index contributed by atoms with van der Waals surface area (Å²) in [6.07, 6.45) is 5.37. The zero-order chi connectivity index (χ0) is 12.4. The van der Waals surface area contributed by atoms with Gasteiger partial charge in [0.05, 0.1) is 17.1 Å². The number of aromatic nitrogens is 4. The van der Waals surface area contributed by atoms with E-state index in [1.165, 1.54) is 19.3 Å². The van der Waals surface area contributed by atoms with Crippen LogP contribution in [0.3, 0.4) is 0 Å². The van der Waals surface area contributed by atoms with Crippen LogP contribution in [0.2, 0.25) is 0 Å². The van der Waals surface area contributed by atoms with Crippen LogP contribution >= 0.6 is 0 Å². The molecule has 1 saturated heterocycles. The highest BCUT2D eigenvalue weighted by Crippen LogP contribution is 2.27. The second-order valence-electron chi connectivity index (χ2n) is 4.55. The molecule has 1 aliphatic rings. The number of nitrogens with two attached hydrogens (primary N) is 1. The molecule has 1 aromatic carbocycles. The summed E-state index contributed by atoms with van der Waals surface area (Å²) in [5.41, 5.74) is 8.92. The van der Waals surface area contributed by atoms with Crippen molar-refractivity contribution in [2.45, 2.75) is 19.3 Å². The van der Waals surface area contributed by atoms with Crippen molar-refractivity contribution in [2.24, 2.45) is 0 Å². The first-order valence-corrected chi connectivity index (χ1v) is 6.22. The van der Waals surface area contributed by atoms with Crippen molar-refractivity contribution in [1.82, 2.24) is 20.2 Å².